The number of anilines is 1. The lowest BCUT2D eigenvalue weighted by Gasteiger charge is -2.06. The topological polar surface area (TPSA) is 96.6 Å². The van der Waals surface area contributed by atoms with Gasteiger partial charge in [-0.15, -0.1) is 0 Å². The van der Waals surface area contributed by atoms with Gasteiger partial charge in [-0.25, -0.2) is 4.79 Å². The zero-order chi connectivity index (χ0) is 14.8. The summed E-state index contributed by atoms with van der Waals surface area (Å²) in [5, 5.41) is 8.28. The number of benzene rings is 1. The number of carboxylic acids is 1. The minimum Gasteiger partial charge on any atom is -0.475 e. The number of nitrogens with one attached hydrogen (secondary N) is 1. The highest BCUT2D eigenvalue weighted by atomic mass is 32.2. The highest BCUT2D eigenvalue weighted by Crippen LogP contribution is 2.19. The summed E-state index contributed by atoms with van der Waals surface area (Å²) >= 11 is 0. The van der Waals surface area contributed by atoms with Crippen molar-refractivity contribution in [1.82, 2.24) is 0 Å². The second-order valence-electron chi connectivity index (χ2n) is 4.08. The highest BCUT2D eigenvalue weighted by molar-refractivity contribution is 7.92. The molecule has 0 aliphatic heterocycles. The molecule has 7 heteroatoms. The van der Waals surface area contributed by atoms with E-state index < -0.39 is 26.8 Å². The molecule has 0 fully saturated rings. The third-order valence-electron chi connectivity index (χ3n) is 2.64. The minimum absolute atomic E-state index is 0.401. The predicted molar refractivity (Wildman–Crippen MR) is 72.3 cm³/mol. The van der Waals surface area contributed by atoms with Gasteiger partial charge in [0, 0.05) is 5.69 Å². The molecule has 0 radical (unpaired) electrons. The van der Waals surface area contributed by atoms with Gasteiger partial charge in [-0.05, 0) is 36.2 Å². The van der Waals surface area contributed by atoms with Crippen molar-refractivity contribution in [1.29, 1.82) is 0 Å². The van der Waals surface area contributed by atoms with Gasteiger partial charge in [0.1, 0.15) is 0 Å². The summed E-state index contributed by atoms with van der Waals surface area (Å²) in [6, 6.07) is 9.14. The van der Waals surface area contributed by atoms with Crippen LogP contribution in [-0.4, -0.2) is 19.5 Å². The zero-order valence-corrected chi connectivity index (χ0v) is 11.5. The van der Waals surface area contributed by atoms with Crippen LogP contribution >= 0.6 is 0 Å². The van der Waals surface area contributed by atoms with E-state index >= 15 is 0 Å². The van der Waals surface area contributed by atoms with Gasteiger partial charge in [0.25, 0.3) is 10.0 Å². The SMILES string of the molecule is CCc1cccc(NS(=O)(=O)c2ccc(C(=O)O)o2)c1. The van der Waals surface area contributed by atoms with Crippen LogP contribution in [0.25, 0.3) is 0 Å². The molecule has 0 saturated heterocycles. The van der Waals surface area contributed by atoms with Crippen molar-refractivity contribution in [3.8, 4) is 0 Å². The Bertz CT molecular complexity index is 733. The van der Waals surface area contributed by atoms with Crippen LogP contribution in [0.4, 0.5) is 5.69 Å². The summed E-state index contributed by atoms with van der Waals surface area (Å²) in [4.78, 5) is 10.7. The Kier molecular flexibility index (Phi) is 3.80. The molecule has 0 spiro atoms. The molecule has 2 rings (SSSR count). The Morgan fingerprint density at radius 3 is 2.65 bits per heavy atom. The molecule has 1 aromatic carbocycles. The van der Waals surface area contributed by atoms with Crippen LogP contribution in [0.3, 0.4) is 0 Å². The van der Waals surface area contributed by atoms with Crippen LogP contribution in [0.1, 0.15) is 23.0 Å². The molecule has 0 bridgehead atoms. The van der Waals surface area contributed by atoms with Crippen LogP contribution in [0.5, 0.6) is 0 Å². The van der Waals surface area contributed by atoms with Gasteiger partial charge in [-0.3, -0.25) is 4.72 Å². The molecular formula is C13H13NO5S. The second kappa shape index (κ2) is 5.38. The van der Waals surface area contributed by atoms with E-state index in [0.717, 1.165) is 24.1 Å². The Labute approximate surface area is 116 Å². The zero-order valence-electron chi connectivity index (χ0n) is 10.7. The summed E-state index contributed by atoms with van der Waals surface area (Å²) < 4.78 is 31.2. The Morgan fingerprint density at radius 1 is 1.30 bits per heavy atom. The summed E-state index contributed by atoms with van der Waals surface area (Å²) in [5.41, 5.74) is 1.38. The highest BCUT2D eigenvalue weighted by Gasteiger charge is 2.21. The van der Waals surface area contributed by atoms with E-state index in [4.69, 9.17) is 9.52 Å². The molecule has 1 aromatic heterocycles. The van der Waals surface area contributed by atoms with Crippen LogP contribution in [-0.2, 0) is 16.4 Å². The van der Waals surface area contributed by atoms with E-state index in [9.17, 15) is 13.2 Å². The number of hydrogen-bond donors (Lipinski definition) is 2. The standard InChI is InChI=1S/C13H13NO5S/c1-2-9-4-3-5-10(8-9)14-20(17,18)12-7-6-11(19-12)13(15)16/h3-8,14H,2H2,1H3,(H,15,16). The Hall–Kier alpha value is -2.28. The number of carbonyl (C=O) groups is 1. The molecule has 0 atom stereocenters. The van der Waals surface area contributed by atoms with Gasteiger partial charge >= 0.3 is 5.97 Å². The number of carboxylic acid groups (broad SMARTS) is 1. The molecule has 2 N–H and O–H groups in total. The molecule has 0 saturated carbocycles. The monoisotopic (exact) mass is 295 g/mol. The first-order chi connectivity index (χ1) is 9.42. The quantitative estimate of drug-likeness (QED) is 0.882. The smallest absolute Gasteiger partial charge is 0.371 e. The van der Waals surface area contributed by atoms with Crippen molar-refractivity contribution >= 4 is 21.7 Å². The lowest BCUT2D eigenvalue weighted by atomic mass is 10.1. The maximum Gasteiger partial charge on any atom is 0.371 e. The lowest BCUT2D eigenvalue weighted by molar-refractivity contribution is 0.0656. The molecule has 0 aliphatic carbocycles. The number of sulfonamides is 1. The van der Waals surface area contributed by atoms with Crippen LogP contribution in [0.2, 0.25) is 0 Å². The largest absolute Gasteiger partial charge is 0.475 e. The van der Waals surface area contributed by atoms with Gasteiger partial charge in [-0.2, -0.15) is 8.42 Å². The maximum absolute atomic E-state index is 12.0. The van der Waals surface area contributed by atoms with Crippen molar-refractivity contribution in [3.05, 3.63) is 47.7 Å². The van der Waals surface area contributed by atoms with Crippen molar-refractivity contribution in [2.75, 3.05) is 4.72 Å². The number of hydrogen-bond acceptors (Lipinski definition) is 4. The van der Waals surface area contributed by atoms with E-state index in [2.05, 4.69) is 4.72 Å². The van der Waals surface area contributed by atoms with E-state index in [1.807, 2.05) is 13.0 Å². The molecule has 1 heterocycles. The third kappa shape index (κ3) is 3.00. The Morgan fingerprint density at radius 2 is 2.05 bits per heavy atom. The number of rotatable bonds is 5. The molecule has 0 aliphatic rings. The molecule has 6 nitrogen and oxygen atoms in total. The molecular weight excluding hydrogens is 282 g/mol. The number of furan rings is 1. The van der Waals surface area contributed by atoms with Gasteiger partial charge < -0.3 is 9.52 Å². The van der Waals surface area contributed by atoms with Crippen LogP contribution < -0.4 is 4.72 Å². The summed E-state index contributed by atoms with van der Waals surface area (Å²) in [6.07, 6.45) is 0.777. The summed E-state index contributed by atoms with van der Waals surface area (Å²) in [7, 11) is -3.93. The summed E-state index contributed by atoms with van der Waals surface area (Å²) in [5.74, 6) is -1.74. The van der Waals surface area contributed by atoms with Crippen molar-refractivity contribution in [2.24, 2.45) is 0 Å². The summed E-state index contributed by atoms with van der Waals surface area (Å²) in [6.45, 7) is 1.96. The number of aryl methyl sites for hydroxylation is 1. The molecule has 106 valence electrons. The van der Waals surface area contributed by atoms with Crippen molar-refractivity contribution in [3.63, 3.8) is 0 Å². The fourth-order valence-corrected chi connectivity index (χ4v) is 2.62. The van der Waals surface area contributed by atoms with Crippen molar-refractivity contribution in [2.45, 2.75) is 18.4 Å². The van der Waals surface area contributed by atoms with E-state index in [0.29, 0.717) is 5.69 Å². The second-order valence-corrected chi connectivity index (χ2v) is 5.70. The first-order valence-electron chi connectivity index (χ1n) is 5.87. The minimum atomic E-state index is -3.93. The lowest BCUT2D eigenvalue weighted by Crippen LogP contribution is -2.12. The van der Waals surface area contributed by atoms with Gasteiger partial charge in [0.2, 0.25) is 10.9 Å². The number of aromatic carboxylic acids is 1. The normalized spacial score (nSPS) is 11.2. The first-order valence-corrected chi connectivity index (χ1v) is 7.35. The molecule has 0 unspecified atom stereocenters. The van der Waals surface area contributed by atoms with Crippen molar-refractivity contribution < 1.29 is 22.7 Å². The van der Waals surface area contributed by atoms with Crippen LogP contribution in [0, 0.1) is 0 Å². The fourth-order valence-electron chi connectivity index (χ4n) is 1.64. The predicted octanol–water partition coefficient (Wildman–Crippen LogP) is 2.34. The molecule has 20 heavy (non-hydrogen) atoms. The van der Waals surface area contributed by atoms with E-state index in [1.165, 1.54) is 0 Å². The molecule has 2 aromatic rings. The van der Waals surface area contributed by atoms with E-state index in [1.54, 1.807) is 18.2 Å². The third-order valence-corrected chi connectivity index (χ3v) is 3.90. The van der Waals surface area contributed by atoms with Gasteiger partial charge in [0.15, 0.2) is 0 Å². The average molecular weight is 295 g/mol. The fraction of sp³-hybridized carbons (Fsp3) is 0.154. The van der Waals surface area contributed by atoms with E-state index in [-0.39, 0.29) is 0 Å². The maximum atomic E-state index is 12.0. The van der Waals surface area contributed by atoms with Crippen LogP contribution in [0.15, 0.2) is 45.9 Å². The first kappa shape index (κ1) is 14.1. The van der Waals surface area contributed by atoms with Gasteiger partial charge in [-0.1, -0.05) is 19.1 Å². The van der Waals surface area contributed by atoms with Gasteiger partial charge in [0.05, 0.1) is 0 Å². The average Bonchev–Trinajstić information content (AvgIpc) is 2.89. The Balaban J connectivity index is 2.27. The molecule has 0 amide bonds.